The van der Waals surface area contributed by atoms with Crippen molar-refractivity contribution in [3.05, 3.63) is 70.0 Å². The van der Waals surface area contributed by atoms with Crippen molar-refractivity contribution in [2.75, 3.05) is 6.61 Å². The van der Waals surface area contributed by atoms with Crippen LogP contribution in [0.25, 0.3) is 22.0 Å². The third-order valence-corrected chi connectivity index (χ3v) is 3.97. The summed E-state index contributed by atoms with van der Waals surface area (Å²) in [6.45, 7) is 1.85. The number of ether oxygens (including phenoxy) is 1. The second-order valence-corrected chi connectivity index (χ2v) is 5.76. The Morgan fingerprint density at radius 3 is 2.58 bits per heavy atom. The van der Waals surface area contributed by atoms with Gasteiger partial charge in [-0.2, -0.15) is 0 Å². The number of benzene rings is 2. The zero-order valence-corrected chi connectivity index (χ0v) is 13.9. The fourth-order valence-corrected chi connectivity index (χ4v) is 2.83. The zero-order valence-electron chi connectivity index (χ0n) is 13.2. The van der Waals surface area contributed by atoms with Gasteiger partial charge in [-0.15, -0.1) is 0 Å². The number of fused-ring (bicyclic) bond motifs is 1. The molecular formula is C19H16ClNO3. The number of nitrogens with zero attached hydrogens (tertiary/aromatic N) is 1. The van der Waals surface area contributed by atoms with Crippen LogP contribution in [0.2, 0.25) is 5.02 Å². The minimum atomic E-state index is -0.453. The summed E-state index contributed by atoms with van der Waals surface area (Å²) in [5, 5.41) is 1.34. The van der Waals surface area contributed by atoms with Gasteiger partial charge >= 0.3 is 5.97 Å². The zero-order chi connectivity index (χ0) is 17.1. The van der Waals surface area contributed by atoms with Gasteiger partial charge in [-0.1, -0.05) is 48.0 Å². The molecule has 4 nitrogen and oxygen atoms in total. The Hall–Kier alpha value is -2.59. The molecule has 5 heteroatoms. The number of hydrogen-bond acceptors (Lipinski definition) is 3. The monoisotopic (exact) mass is 341 g/mol. The van der Waals surface area contributed by atoms with Gasteiger partial charge in [0.2, 0.25) is 0 Å². The summed E-state index contributed by atoms with van der Waals surface area (Å²) in [6.07, 6.45) is 0. The third kappa shape index (κ3) is 3.19. The second kappa shape index (κ2) is 6.89. The summed E-state index contributed by atoms with van der Waals surface area (Å²) < 4.78 is 6.41. The van der Waals surface area contributed by atoms with Crippen molar-refractivity contribution in [2.45, 2.75) is 13.5 Å². The van der Waals surface area contributed by atoms with Gasteiger partial charge in [-0.05, 0) is 36.1 Å². The molecule has 0 spiro atoms. The molecule has 0 unspecified atom stereocenters. The lowest BCUT2D eigenvalue weighted by Gasteiger charge is -2.13. The van der Waals surface area contributed by atoms with E-state index in [1.807, 2.05) is 42.5 Å². The SMILES string of the molecule is CCOC(=O)Cn1c(=O)c(-c2ccccc2)cc2ccc(Cl)cc21. The quantitative estimate of drug-likeness (QED) is 0.676. The molecule has 0 N–H and O–H groups in total. The molecule has 0 saturated heterocycles. The van der Waals surface area contributed by atoms with E-state index >= 15 is 0 Å². The first-order valence-corrected chi connectivity index (χ1v) is 8.02. The Balaban J connectivity index is 2.25. The number of hydrogen-bond donors (Lipinski definition) is 0. The smallest absolute Gasteiger partial charge is 0.326 e. The predicted octanol–water partition coefficient (Wildman–Crippen LogP) is 3.89. The topological polar surface area (TPSA) is 48.3 Å². The molecule has 0 radical (unpaired) electrons. The summed E-state index contributed by atoms with van der Waals surface area (Å²) in [7, 11) is 0. The minimum Gasteiger partial charge on any atom is -0.465 e. The Morgan fingerprint density at radius 2 is 1.88 bits per heavy atom. The van der Waals surface area contributed by atoms with E-state index in [4.69, 9.17) is 16.3 Å². The second-order valence-electron chi connectivity index (χ2n) is 5.32. The van der Waals surface area contributed by atoms with E-state index in [1.165, 1.54) is 4.57 Å². The highest BCUT2D eigenvalue weighted by Crippen LogP contribution is 2.23. The molecule has 0 fully saturated rings. The highest BCUT2D eigenvalue weighted by Gasteiger charge is 2.14. The van der Waals surface area contributed by atoms with Gasteiger partial charge in [-0.3, -0.25) is 14.2 Å². The lowest BCUT2D eigenvalue weighted by molar-refractivity contribution is -0.143. The van der Waals surface area contributed by atoms with Crippen LogP contribution in [0.1, 0.15) is 6.92 Å². The largest absolute Gasteiger partial charge is 0.465 e. The average Bonchev–Trinajstić information content (AvgIpc) is 2.58. The van der Waals surface area contributed by atoms with E-state index in [9.17, 15) is 9.59 Å². The van der Waals surface area contributed by atoms with Crippen molar-refractivity contribution in [1.29, 1.82) is 0 Å². The summed E-state index contributed by atoms with van der Waals surface area (Å²) in [5.41, 5.74) is 1.70. The van der Waals surface area contributed by atoms with Crippen LogP contribution in [0.5, 0.6) is 0 Å². The third-order valence-electron chi connectivity index (χ3n) is 3.74. The molecule has 1 aromatic heterocycles. The van der Waals surface area contributed by atoms with E-state index in [0.717, 1.165) is 10.9 Å². The van der Waals surface area contributed by atoms with Gasteiger partial charge in [0.15, 0.2) is 0 Å². The van der Waals surface area contributed by atoms with Crippen LogP contribution in [0.4, 0.5) is 0 Å². The standard InChI is InChI=1S/C19H16ClNO3/c1-2-24-18(22)12-21-17-11-15(20)9-8-14(17)10-16(19(21)23)13-6-4-3-5-7-13/h3-11H,2,12H2,1H3. The molecule has 3 aromatic rings. The summed E-state index contributed by atoms with van der Waals surface area (Å²) >= 11 is 6.07. The molecule has 0 atom stereocenters. The van der Waals surface area contributed by atoms with Gasteiger partial charge in [-0.25, -0.2) is 0 Å². The fraction of sp³-hybridized carbons (Fsp3) is 0.158. The van der Waals surface area contributed by atoms with Crippen molar-refractivity contribution in [2.24, 2.45) is 0 Å². The van der Waals surface area contributed by atoms with Gasteiger partial charge in [0.1, 0.15) is 6.54 Å². The summed E-state index contributed by atoms with van der Waals surface area (Å²) in [5.74, 6) is -0.453. The number of aromatic nitrogens is 1. The predicted molar refractivity (Wildman–Crippen MR) is 95.3 cm³/mol. The normalized spacial score (nSPS) is 10.8. The highest BCUT2D eigenvalue weighted by atomic mass is 35.5. The number of halogens is 1. The van der Waals surface area contributed by atoms with Crippen LogP contribution < -0.4 is 5.56 Å². The van der Waals surface area contributed by atoms with Gasteiger partial charge in [0.25, 0.3) is 5.56 Å². The number of pyridine rings is 1. The van der Waals surface area contributed by atoms with Crippen LogP contribution in [-0.2, 0) is 16.1 Å². The Morgan fingerprint density at radius 1 is 1.12 bits per heavy atom. The lowest BCUT2D eigenvalue weighted by atomic mass is 10.0. The number of esters is 1. The molecule has 0 aliphatic rings. The number of carbonyl (C=O) groups excluding carboxylic acids is 1. The Labute approximate surface area is 144 Å². The van der Waals surface area contributed by atoms with E-state index in [-0.39, 0.29) is 18.7 Å². The highest BCUT2D eigenvalue weighted by molar-refractivity contribution is 6.31. The average molecular weight is 342 g/mol. The van der Waals surface area contributed by atoms with Gasteiger partial charge in [0.05, 0.1) is 12.1 Å². The van der Waals surface area contributed by atoms with Gasteiger partial charge in [0, 0.05) is 10.6 Å². The molecule has 0 aliphatic heterocycles. The first-order valence-electron chi connectivity index (χ1n) is 7.64. The van der Waals surface area contributed by atoms with Crippen molar-refractivity contribution in [3.63, 3.8) is 0 Å². The lowest BCUT2D eigenvalue weighted by Crippen LogP contribution is -2.27. The summed E-state index contributed by atoms with van der Waals surface area (Å²) in [4.78, 5) is 24.9. The summed E-state index contributed by atoms with van der Waals surface area (Å²) in [6, 6.07) is 16.5. The van der Waals surface area contributed by atoms with Crippen LogP contribution >= 0.6 is 11.6 Å². The number of carbonyl (C=O) groups is 1. The van der Waals surface area contributed by atoms with Gasteiger partial charge < -0.3 is 4.74 Å². The molecule has 122 valence electrons. The van der Waals surface area contributed by atoms with Crippen molar-refractivity contribution in [1.82, 2.24) is 4.57 Å². The first-order chi connectivity index (χ1) is 11.6. The van der Waals surface area contributed by atoms with Crippen molar-refractivity contribution < 1.29 is 9.53 Å². The molecular weight excluding hydrogens is 326 g/mol. The number of rotatable bonds is 4. The molecule has 0 amide bonds. The molecule has 24 heavy (non-hydrogen) atoms. The minimum absolute atomic E-state index is 0.149. The maximum absolute atomic E-state index is 12.9. The molecule has 0 bridgehead atoms. The van der Waals surface area contributed by atoms with E-state index in [0.29, 0.717) is 16.1 Å². The molecule has 2 aromatic carbocycles. The van der Waals surface area contributed by atoms with Crippen molar-refractivity contribution in [3.8, 4) is 11.1 Å². The maximum Gasteiger partial charge on any atom is 0.326 e. The Bertz CT molecular complexity index is 948. The van der Waals surface area contributed by atoms with E-state index < -0.39 is 5.97 Å². The molecule has 0 saturated carbocycles. The first kappa shape index (κ1) is 16.3. The van der Waals surface area contributed by atoms with Crippen LogP contribution in [0, 0.1) is 0 Å². The van der Waals surface area contributed by atoms with Crippen LogP contribution in [0.3, 0.4) is 0 Å². The van der Waals surface area contributed by atoms with Crippen molar-refractivity contribution >= 4 is 28.5 Å². The maximum atomic E-state index is 12.9. The van der Waals surface area contributed by atoms with E-state index in [1.54, 1.807) is 19.1 Å². The molecule has 0 aliphatic carbocycles. The van der Waals surface area contributed by atoms with E-state index in [2.05, 4.69) is 0 Å². The molecule has 3 rings (SSSR count). The Kier molecular flexibility index (Phi) is 4.67. The van der Waals surface area contributed by atoms with Crippen LogP contribution in [-0.4, -0.2) is 17.1 Å². The van der Waals surface area contributed by atoms with Crippen LogP contribution in [0.15, 0.2) is 59.4 Å². The molecule has 1 heterocycles. The fourth-order valence-electron chi connectivity index (χ4n) is 2.66.